The molecule has 1 aromatic carbocycles. The van der Waals surface area contributed by atoms with Gasteiger partial charge in [-0.05, 0) is 41.8 Å². The van der Waals surface area contributed by atoms with E-state index in [-0.39, 0.29) is 5.91 Å². The Morgan fingerprint density at radius 2 is 1.92 bits per heavy atom. The molecule has 0 unspecified atom stereocenters. The fraction of sp³-hybridized carbons (Fsp3) is 0.263. The summed E-state index contributed by atoms with van der Waals surface area (Å²) in [5, 5.41) is 0. The van der Waals surface area contributed by atoms with Crippen molar-refractivity contribution in [1.82, 2.24) is 9.88 Å². The van der Waals surface area contributed by atoms with Crippen molar-refractivity contribution in [3.63, 3.8) is 0 Å². The van der Waals surface area contributed by atoms with Crippen molar-refractivity contribution in [2.75, 3.05) is 27.8 Å². The minimum absolute atomic E-state index is 0.0475. The molecule has 0 saturated heterocycles. The quantitative estimate of drug-likeness (QED) is 0.734. The Kier molecular flexibility index (Phi) is 6.37. The fourth-order valence-corrected chi connectivity index (χ4v) is 2.19. The van der Waals surface area contributed by atoms with Gasteiger partial charge < -0.3 is 14.4 Å². The number of benzene rings is 1. The largest absolute Gasteiger partial charge is 0.497 e. The van der Waals surface area contributed by atoms with Crippen LogP contribution in [-0.4, -0.2) is 43.6 Å². The number of hydrogen-bond donors (Lipinski definition) is 0. The third-order valence-electron chi connectivity index (χ3n) is 3.63. The summed E-state index contributed by atoms with van der Waals surface area (Å²) in [5.41, 5.74) is 1.96. The molecule has 0 aliphatic rings. The predicted molar refractivity (Wildman–Crippen MR) is 94.2 cm³/mol. The Hall–Kier alpha value is -2.82. The summed E-state index contributed by atoms with van der Waals surface area (Å²) in [6.07, 6.45) is 7.46. The molecule has 0 radical (unpaired) electrons. The van der Waals surface area contributed by atoms with Gasteiger partial charge in [0.1, 0.15) is 11.5 Å². The van der Waals surface area contributed by atoms with Crippen LogP contribution in [0.2, 0.25) is 0 Å². The lowest BCUT2D eigenvalue weighted by Crippen LogP contribution is -2.27. The Morgan fingerprint density at radius 1 is 1.21 bits per heavy atom. The van der Waals surface area contributed by atoms with Crippen LogP contribution in [0.15, 0.2) is 48.8 Å². The summed E-state index contributed by atoms with van der Waals surface area (Å²) >= 11 is 0. The van der Waals surface area contributed by atoms with Crippen LogP contribution in [0.25, 0.3) is 6.08 Å². The number of hydrogen-bond acceptors (Lipinski definition) is 4. The van der Waals surface area contributed by atoms with Gasteiger partial charge in [-0.2, -0.15) is 0 Å². The molecule has 0 saturated carbocycles. The Balaban J connectivity index is 1.93. The van der Waals surface area contributed by atoms with E-state index in [1.54, 1.807) is 50.7 Å². The van der Waals surface area contributed by atoms with Crippen LogP contribution in [0.4, 0.5) is 0 Å². The van der Waals surface area contributed by atoms with Crippen LogP contribution in [0.5, 0.6) is 11.5 Å². The molecule has 5 nitrogen and oxygen atoms in total. The highest BCUT2D eigenvalue weighted by Gasteiger charge is 2.07. The third-order valence-corrected chi connectivity index (χ3v) is 3.63. The summed E-state index contributed by atoms with van der Waals surface area (Å²) in [7, 11) is 5.03. The zero-order valence-electron chi connectivity index (χ0n) is 14.2. The summed E-state index contributed by atoms with van der Waals surface area (Å²) < 4.78 is 10.5. The van der Waals surface area contributed by atoms with Gasteiger partial charge in [-0.1, -0.05) is 6.07 Å². The van der Waals surface area contributed by atoms with E-state index in [1.165, 1.54) is 0 Å². The van der Waals surface area contributed by atoms with Gasteiger partial charge in [0, 0.05) is 38.1 Å². The van der Waals surface area contributed by atoms with Gasteiger partial charge in [-0.15, -0.1) is 0 Å². The maximum Gasteiger partial charge on any atom is 0.246 e. The van der Waals surface area contributed by atoms with Crippen LogP contribution in [0.3, 0.4) is 0 Å². The smallest absolute Gasteiger partial charge is 0.246 e. The zero-order chi connectivity index (χ0) is 17.4. The molecule has 0 aliphatic carbocycles. The number of nitrogens with zero attached hydrogens (tertiary/aromatic N) is 2. The van der Waals surface area contributed by atoms with E-state index < -0.39 is 0 Å². The predicted octanol–water partition coefficient (Wildman–Crippen LogP) is 2.81. The Morgan fingerprint density at radius 3 is 2.50 bits per heavy atom. The minimum atomic E-state index is -0.0475. The SMILES string of the molecule is COc1cc(CCN(C)C(=O)/C=C/c2cccnc2)cc(OC)c1. The number of carbonyl (C=O) groups excluding carboxylic acids is 1. The van der Waals surface area contributed by atoms with Crippen LogP contribution in [0, 0.1) is 0 Å². The minimum Gasteiger partial charge on any atom is -0.497 e. The van der Waals surface area contributed by atoms with Crippen LogP contribution in [0.1, 0.15) is 11.1 Å². The molecule has 0 N–H and O–H groups in total. The molecule has 2 rings (SSSR count). The van der Waals surface area contributed by atoms with E-state index >= 15 is 0 Å². The molecule has 126 valence electrons. The van der Waals surface area contributed by atoms with E-state index in [4.69, 9.17) is 9.47 Å². The van der Waals surface area contributed by atoms with Crippen molar-refractivity contribution < 1.29 is 14.3 Å². The standard InChI is InChI=1S/C19H22N2O3/c1-21(19(22)7-6-15-5-4-9-20-14-15)10-8-16-11-17(23-2)13-18(12-16)24-3/h4-7,9,11-14H,8,10H2,1-3H3/b7-6+. The first-order valence-corrected chi connectivity index (χ1v) is 7.67. The lowest BCUT2D eigenvalue weighted by molar-refractivity contribution is -0.124. The van der Waals surface area contributed by atoms with Crippen LogP contribution in [-0.2, 0) is 11.2 Å². The summed E-state index contributed by atoms with van der Waals surface area (Å²) in [4.78, 5) is 17.8. The highest BCUT2D eigenvalue weighted by Crippen LogP contribution is 2.22. The summed E-state index contributed by atoms with van der Waals surface area (Å²) in [6.45, 7) is 0.604. The van der Waals surface area contributed by atoms with Crippen molar-refractivity contribution in [2.24, 2.45) is 0 Å². The van der Waals surface area contributed by atoms with Crippen molar-refractivity contribution in [2.45, 2.75) is 6.42 Å². The van der Waals surface area contributed by atoms with Crippen molar-refractivity contribution >= 4 is 12.0 Å². The molecule has 0 bridgehead atoms. The fourth-order valence-electron chi connectivity index (χ4n) is 2.19. The number of amides is 1. The third kappa shape index (κ3) is 5.12. The lowest BCUT2D eigenvalue weighted by Gasteiger charge is -2.16. The van der Waals surface area contributed by atoms with E-state index in [2.05, 4.69) is 4.98 Å². The molecule has 1 heterocycles. The molecular formula is C19H22N2O3. The van der Waals surface area contributed by atoms with Gasteiger partial charge in [0.25, 0.3) is 0 Å². The first kappa shape index (κ1) is 17.5. The van der Waals surface area contributed by atoms with Crippen molar-refractivity contribution in [1.29, 1.82) is 0 Å². The first-order valence-electron chi connectivity index (χ1n) is 7.67. The van der Waals surface area contributed by atoms with E-state index in [0.717, 1.165) is 29.0 Å². The Labute approximate surface area is 142 Å². The maximum atomic E-state index is 12.2. The molecule has 5 heteroatoms. The molecule has 0 spiro atoms. The van der Waals surface area contributed by atoms with Gasteiger partial charge in [-0.3, -0.25) is 9.78 Å². The van der Waals surface area contributed by atoms with E-state index in [1.807, 2.05) is 30.3 Å². The van der Waals surface area contributed by atoms with Crippen LogP contribution >= 0.6 is 0 Å². The molecular weight excluding hydrogens is 304 g/mol. The monoisotopic (exact) mass is 326 g/mol. The summed E-state index contributed by atoms with van der Waals surface area (Å²) in [5.74, 6) is 1.44. The normalized spacial score (nSPS) is 10.6. The van der Waals surface area contributed by atoms with Gasteiger partial charge in [0.05, 0.1) is 14.2 Å². The van der Waals surface area contributed by atoms with Gasteiger partial charge in [0.2, 0.25) is 5.91 Å². The van der Waals surface area contributed by atoms with Crippen LogP contribution < -0.4 is 9.47 Å². The van der Waals surface area contributed by atoms with Gasteiger partial charge in [0.15, 0.2) is 0 Å². The lowest BCUT2D eigenvalue weighted by atomic mass is 10.1. The van der Waals surface area contributed by atoms with Crippen molar-refractivity contribution in [3.8, 4) is 11.5 Å². The highest BCUT2D eigenvalue weighted by atomic mass is 16.5. The maximum absolute atomic E-state index is 12.2. The topological polar surface area (TPSA) is 51.7 Å². The molecule has 0 fully saturated rings. The van der Waals surface area contributed by atoms with E-state index in [9.17, 15) is 4.79 Å². The first-order chi connectivity index (χ1) is 11.6. The number of pyridine rings is 1. The molecule has 1 amide bonds. The van der Waals surface area contributed by atoms with Gasteiger partial charge in [-0.25, -0.2) is 0 Å². The van der Waals surface area contributed by atoms with Crippen molar-refractivity contribution in [3.05, 3.63) is 59.9 Å². The second-order valence-electron chi connectivity index (χ2n) is 5.35. The highest BCUT2D eigenvalue weighted by molar-refractivity contribution is 5.91. The van der Waals surface area contributed by atoms with Gasteiger partial charge >= 0.3 is 0 Å². The second-order valence-corrected chi connectivity index (χ2v) is 5.35. The second kappa shape index (κ2) is 8.72. The number of methoxy groups -OCH3 is 2. The molecule has 0 atom stereocenters. The molecule has 24 heavy (non-hydrogen) atoms. The van der Waals surface area contributed by atoms with E-state index in [0.29, 0.717) is 6.54 Å². The summed E-state index contributed by atoms with van der Waals surface area (Å²) in [6, 6.07) is 9.47. The average molecular weight is 326 g/mol. The zero-order valence-corrected chi connectivity index (χ0v) is 14.2. The Bertz CT molecular complexity index is 677. The molecule has 0 aliphatic heterocycles. The number of rotatable bonds is 7. The average Bonchev–Trinajstić information content (AvgIpc) is 2.64. The number of likely N-dealkylation sites (N-methyl/N-ethyl adjacent to an activating group) is 1. The number of aromatic nitrogens is 1. The number of ether oxygens (including phenoxy) is 2. The molecule has 2 aromatic rings. The number of carbonyl (C=O) groups is 1. The molecule has 1 aromatic heterocycles.